The summed E-state index contributed by atoms with van der Waals surface area (Å²) < 4.78 is 5.17. The zero-order valence-corrected chi connectivity index (χ0v) is 12.2. The SMILES string of the molecule is CN(C)CCOC(=O)c1cccc(N(C)C)c1.Cl. The summed E-state index contributed by atoms with van der Waals surface area (Å²) in [4.78, 5) is 15.7. The van der Waals surface area contributed by atoms with E-state index >= 15 is 0 Å². The van der Waals surface area contributed by atoms with Crippen molar-refractivity contribution in [3.05, 3.63) is 29.8 Å². The van der Waals surface area contributed by atoms with Gasteiger partial charge in [-0.2, -0.15) is 0 Å². The summed E-state index contributed by atoms with van der Waals surface area (Å²) in [7, 11) is 7.77. The molecular weight excluding hydrogens is 252 g/mol. The summed E-state index contributed by atoms with van der Waals surface area (Å²) in [6.45, 7) is 1.15. The van der Waals surface area contributed by atoms with Crippen molar-refractivity contribution in [3.8, 4) is 0 Å². The molecule has 0 atom stereocenters. The fourth-order valence-electron chi connectivity index (χ4n) is 1.32. The normalized spacial score (nSPS) is 9.83. The first-order valence-electron chi connectivity index (χ1n) is 5.60. The number of nitrogens with zero attached hydrogens (tertiary/aromatic N) is 2. The Hall–Kier alpha value is -1.26. The lowest BCUT2D eigenvalue weighted by atomic mass is 10.2. The van der Waals surface area contributed by atoms with Gasteiger partial charge in [0.1, 0.15) is 6.61 Å². The molecule has 0 heterocycles. The number of carbonyl (C=O) groups is 1. The molecule has 0 unspecified atom stereocenters. The molecule has 0 saturated carbocycles. The van der Waals surface area contributed by atoms with Gasteiger partial charge in [-0.25, -0.2) is 4.79 Å². The van der Waals surface area contributed by atoms with E-state index in [1.165, 1.54) is 0 Å². The minimum atomic E-state index is -0.268. The molecule has 0 aromatic heterocycles. The highest BCUT2D eigenvalue weighted by Gasteiger charge is 2.08. The van der Waals surface area contributed by atoms with Crippen molar-refractivity contribution in [2.45, 2.75) is 0 Å². The zero-order chi connectivity index (χ0) is 12.8. The van der Waals surface area contributed by atoms with Crippen LogP contribution in [0.15, 0.2) is 24.3 Å². The van der Waals surface area contributed by atoms with Crippen LogP contribution < -0.4 is 4.90 Å². The van der Waals surface area contributed by atoms with Gasteiger partial charge in [0, 0.05) is 26.3 Å². The molecule has 0 aliphatic heterocycles. The number of hydrogen-bond acceptors (Lipinski definition) is 4. The van der Waals surface area contributed by atoms with E-state index in [1.807, 2.05) is 56.2 Å². The van der Waals surface area contributed by atoms with Crippen molar-refractivity contribution in [3.63, 3.8) is 0 Å². The fourth-order valence-corrected chi connectivity index (χ4v) is 1.32. The van der Waals surface area contributed by atoms with Crippen LogP contribution >= 0.6 is 12.4 Å². The van der Waals surface area contributed by atoms with Crippen molar-refractivity contribution in [1.82, 2.24) is 4.90 Å². The lowest BCUT2D eigenvalue weighted by Gasteiger charge is -2.14. The number of esters is 1. The summed E-state index contributed by atoms with van der Waals surface area (Å²) in [6, 6.07) is 7.41. The molecule has 0 aliphatic rings. The Bertz CT molecular complexity index is 381. The number of ether oxygens (including phenoxy) is 1. The first-order chi connectivity index (χ1) is 8.00. The van der Waals surface area contributed by atoms with Crippen molar-refractivity contribution >= 4 is 24.1 Å². The van der Waals surface area contributed by atoms with Gasteiger partial charge >= 0.3 is 5.97 Å². The summed E-state index contributed by atoms with van der Waals surface area (Å²) in [5.41, 5.74) is 1.59. The fraction of sp³-hybridized carbons (Fsp3) is 0.462. The van der Waals surface area contributed by atoms with E-state index < -0.39 is 0 Å². The molecule has 0 fully saturated rings. The van der Waals surface area contributed by atoms with E-state index in [9.17, 15) is 4.79 Å². The maximum absolute atomic E-state index is 11.7. The molecule has 0 saturated heterocycles. The Kier molecular flexibility index (Phi) is 7.39. The molecule has 0 amide bonds. The van der Waals surface area contributed by atoms with Gasteiger partial charge in [0.2, 0.25) is 0 Å². The Labute approximate surface area is 115 Å². The Morgan fingerprint density at radius 1 is 1.22 bits per heavy atom. The summed E-state index contributed by atoms with van der Waals surface area (Å²) in [5, 5.41) is 0. The van der Waals surface area contributed by atoms with Gasteiger partial charge < -0.3 is 14.5 Å². The van der Waals surface area contributed by atoms with Crippen LogP contribution in [0.25, 0.3) is 0 Å². The highest BCUT2D eigenvalue weighted by Crippen LogP contribution is 2.14. The van der Waals surface area contributed by atoms with Crippen LogP contribution in [0.2, 0.25) is 0 Å². The maximum atomic E-state index is 11.7. The van der Waals surface area contributed by atoms with Crippen LogP contribution in [0, 0.1) is 0 Å². The standard InChI is InChI=1S/C13H20N2O2.ClH/c1-14(2)8-9-17-13(16)11-6-5-7-12(10-11)15(3)4;/h5-7,10H,8-9H2,1-4H3;1H. The number of carbonyl (C=O) groups excluding carboxylic acids is 1. The number of rotatable bonds is 5. The van der Waals surface area contributed by atoms with E-state index in [0.29, 0.717) is 12.2 Å². The van der Waals surface area contributed by atoms with E-state index in [0.717, 1.165) is 12.2 Å². The summed E-state index contributed by atoms with van der Waals surface area (Å²) >= 11 is 0. The number of halogens is 1. The minimum Gasteiger partial charge on any atom is -0.461 e. The number of anilines is 1. The lowest BCUT2D eigenvalue weighted by Crippen LogP contribution is -2.20. The van der Waals surface area contributed by atoms with Gasteiger partial charge in [-0.15, -0.1) is 12.4 Å². The van der Waals surface area contributed by atoms with Crippen molar-refractivity contribution in [1.29, 1.82) is 0 Å². The number of benzene rings is 1. The molecular formula is C13H21ClN2O2. The van der Waals surface area contributed by atoms with Crippen LogP contribution in [0.3, 0.4) is 0 Å². The summed E-state index contributed by atoms with van der Waals surface area (Å²) in [6.07, 6.45) is 0. The largest absolute Gasteiger partial charge is 0.461 e. The molecule has 0 aliphatic carbocycles. The van der Waals surface area contributed by atoms with Crippen LogP contribution in [0.4, 0.5) is 5.69 Å². The predicted molar refractivity (Wildman–Crippen MR) is 76.9 cm³/mol. The van der Waals surface area contributed by atoms with Crippen molar-refractivity contribution in [2.75, 3.05) is 46.2 Å². The van der Waals surface area contributed by atoms with E-state index in [-0.39, 0.29) is 18.4 Å². The van der Waals surface area contributed by atoms with Gasteiger partial charge in [-0.05, 0) is 32.3 Å². The third-order valence-electron chi connectivity index (χ3n) is 2.37. The van der Waals surface area contributed by atoms with Gasteiger partial charge in [-0.1, -0.05) is 6.07 Å². The minimum absolute atomic E-state index is 0. The molecule has 102 valence electrons. The second-order valence-electron chi connectivity index (χ2n) is 4.38. The number of hydrogen-bond donors (Lipinski definition) is 0. The maximum Gasteiger partial charge on any atom is 0.338 e. The van der Waals surface area contributed by atoms with Crippen molar-refractivity contribution < 1.29 is 9.53 Å². The highest BCUT2D eigenvalue weighted by atomic mass is 35.5. The monoisotopic (exact) mass is 272 g/mol. The topological polar surface area (TPSA) is 32.8 Å². The second kappa shape index (κ2) is 7.95. The zero-order valence-electron chi connectivity index (χ0n) is 11.3. The van der Waals surface area contributed by atoms with Crippen LogP contribution in [0.5, 0.6) is 0 Å². The molecule has 1 aromatic carbocycles. The van der Waals surface area contributed by atoms with Crippen LogP contribution in [0.1, 0.15) is 10.4 Å². The third-order valence-corrected chi connectivity index (χ3v) is 2.37. The Balaban J connectivity index is 0.00000289. The third kappa shape index (κ3) is 5.38. The smallest absolute Gasteiger partial charge is 0.338 e. The molecule has 1 aromatic rings. The van der Waals surface area contributed by atoms with Gasteiger partial charge in [-0.3, -0.25) is 0 Å². The molecule has 5 heteroatoms. The average Bonchev–Trinajstić information content (AvgIpc) is 2.28. The van der Waals surface area contributed by atoms with E-state index in [4.69, 9.17) is 4.74 Å². The molecule has 1 rings (SSSR count). The predicted octanol–water partition coefficient (Wildman–Crippen LogP) is 1.89. The van der Waals surface area contributed by atoms with Crippen molar-refractivity contribution in [2.24, 2.45) is 0 Å². The summed E-state index contributed by atoms with van der Waals surface area (Å²) in [5.74, 6) is -0.268. The van der Waals surface area contributed by atoms with Crippen LogP contribution in [-0.2, 0) is 4.74 Å². The first kappa shape index (κ1) is 16.7. The average molecular weight is 273 g/mol. The molecule has 0 bridgehead atoms. The number of likely N-dealkylation sites (N-methyl/N-ethyl adjacent to an activating group) is 1. The lowest BCUT2D eigenvalue weighted by molar-refractivity contribution is 0.0482. The van der Waals surface area contributed by atoms with Gasteiger partial charge in [0.05, 0.1) is 5.56 Å². The molecule has 18 heavy (non-hydrogen) atoms. The van der Waals surface area contributed by atoms with Crippen LogP contribution in [-0.4, -0.2) is 52.2 Å². The van der Waals surface area contributed by atoms with Gasteiger partial charge in [0.15, 0.2) is 0 Å². The Morgan fingerprint density at radius 2 is 1.89 bits per heavy atom. The molecule has 0 spiro atoms. The molecule has 4 nitrogen and oxygen atoms in total. The Morgan fingerprint density at radius 3 is 2.44 bits per heavy atom. The quantitative estimate of drug-likeness (QED) is 0.767. The highest BCUT2D eigenvalue weighted by molar-refractivity contribution is 5.90. The van der Waals surface area contributed by atoms with Gasteiger partial charge in [0.25, 0.3) is 0 Å². The van der Waals surface area contributed by atoms with E-state index in [2.05, 4.69) is 0 Å². The molecule has 0 radical (unpaired) electrons. The van der Waals surface area contributed by atoms with E-state index in [1.54, 1.807) is 6.07 Å². The molecule has 0 N–H and O–H groups in total. The first-order valence-corrected chi connectivity index (χ1v) is 5.60. The second-order valence-corrected chi connectivity index (χ2v) is 4.38.